The third-order valence-electron chi connectivity index (χ3n) is 5.10. The maximum atomic E-state index is 13.0. The molecule has 0 spiro atoms. The van der Waals surface area contributed by atoms with E-state index in [1.807, 2.05) is 47.4 Å². The van der Waals surface area contributed by atoms with Crippen LogP contribution in [-0.4, -0.2) is 34.2 Å². The lowest BCUT2D eigenvalue weighted by Crippen LogP contribution is -2.34. The van der Waals surface area contributed by atoms with Crippen molar-refractivity contribution < 1.29 is 9.53 Å². The lowest BCUT2D eigenvalue weighted by molar-refractivity contribution is -0.132. The maximum Gasteiger partial charge on any atom is 0.244 e. The summed E-state index contributed by atoms with van der Waals surface area (Å²) in [6.45, 7) is 0.833. The van der Waals surface area contributed by atoms with Crippen LogP contribution in [0, 0.1) is 0 Å². The Kier molecular flexibility index (Phi) is 4.62. The van der Waals surface area contributed by atoms with Gasteiger partial charge in [-0.2, -0.15) is 5.10 Å². The van der Waals surface area contributed by atoms with Crippen LogP contribution in [0.2, 0.25) is 0 Å². The second-order valence-electron chi connectivity index (χ2n) is 6.71. The van der Waals surface area contributed by atoms with Crippen molar-refractivity contribution in [2.45, 2.75) is 25.4 Å². The summed E-state index contributed by atoms with van der Waals surface area (Å²) in [5.74, 6) is 0.793. The Labute approximate surface area is 157 Å². The summed E-state index contributed by atoms with van der Waals surface area (Å²) >= 11 is 0. The Morgan fingerprint density at radius 1 is 1.22 bits per heavy atom. The molecule has 4 rings (SSSR count). The van der Waals surface area contributed by atoms with Gasteiger partial charge in [-0.05, 0) is 42.7 Å². The van der Waals surface area contributed by atoms with Gasteiger partial charge >= 0.3 is 0 Å². The van der Waals surface area contributed by atoms with E-state index < -0.39 is 0 Å². The predicted molar refractivity (Wildman–Crippen MR) is 103 cm³/mol. The molecular weight excluding hydrogens is 342 g/mol. The van der Waals surface area contributed by atoms with Crippen molar-refractivity contribution in [1.82, 2.24) is 14.7 Å². The number of ether oxygens (including phenoxy) is 1. The second-order valence-corrected chi connectivity index (χ2v) is 6.71. The summed E-state index contributed by atoms with van der Waals surface area (Å²) in [6, 6.07) is 15.2. The van der Waals surface area contributed by atoms with Crippen LogP contribution < -0.4 is 10.2 Å². The normalized spacial score (nSPS) is 16.6. The van der Waals surface area contributed by atoms with Crippen LogP contribution in [0.5, 0.6) is 5.75 Å². The number of fused-ring (bicyclic) bond motifs is 1. The van der Waals surface area contributed by atoms with Crippen molar-refractivity contribution in [3.05, 3.63) is 70.5 Å². The number of rotatable bonds is 4. The monoisotopic (exact) mass is 363 g/mol. The number of nitrogens with zero attached hydrogens (tertiary/aromatic N) is 3. The molecule has 1 aliphatic heterocycles. The van der Waals surface area contributed by atoms with Gasteiger partial charge in [0.15, 0.2) is 0 Å². The molecule has 1 aliphatic rings. The molecule has 6 heteroatoms. The average molecular weight is 363 g/mol. The fourth-order valence-electron chi connectivity index (χ4n) is 3.77. The lowest BCUT2D eigenvalue weighted by Gasteiger charge is -2.26. The van der Waals surface area contributed by atoms with Crippen LogP contribution in [0.1, 0.15) is 24.4 Å². The van der Waals surface area contributed by atoms with Crippen molar-refractivity contribution in [2.75, 3.05) is 13.7 Å². The molecule has 1 atom stereocenters. The summed E-state index contributed by atoms with van der Waals surface area (Å²) in [4.78, 5) is 26.9. The Morgan fingerprint density at radius 2 is 2.07 bits per heavy atom. The maximum absolute atomic E-state index is 13.0. The molecule has 1 amide bonds. The topological polar surface area (TPSA) is 64.4 Å². The van der Waals surface area contributed by atoms with E-state index in [2.05, 4.69) is 5.10 Å². The number of benzene rings is 2. The van der Waals surface area contributed by atoms with Crippen LogP contribution in [0.15, 0.2) is 59.5 Å². The summed E-state index contributed by atoms with van der Waals surface area (Å²) in [5.41, 5.74) is 1.62. The zero-order valence-electron chi connectivity index (χ0n) is 15.2. The first-order valence-corrected chi connectivity index (χ1v) is 9.05. The zero-order valence-corrected chi connectivity index (χ0v) is 15.2. The number of hydrogen-bond donors (Lipinski definition) is 0. The molecule has 138 valence electrons. The minimum absolute atomic E-state index is 0.00150. The van der Waals surface area contributed by atoms with Crippen molar-refractivity contribution in [3.63, 3.8) is 0 Å². The Bertz CT molecular complexity index is 1040. The van der Waals surface area contributed by atoms with Gasteiger partial charge in [0.05, 0.1) is 24.9 Å². The lowest BCUT2D eigenvalue weighted by atomic mass is 10.0. The number of para-hydroxylation sites is 1. The van der Waals surface area contributed by atoms with Gasteiger partial charge in [0.2, 0.25) is 11.3 Å². The first-order valence-electron chi connectivity index (χ1n) is 9.05. The predicted octanol–water partition coefficient (Wildman–Crippen LogP) is 2.77. The minimum Gasteiger partial charge on any atom is -0.497 e. The van der Waals surface area contributed by atoms with E-state index >= 15 is 0 Å². The number of aromatic nitrogens is 2. The molecule has 2 aromatic carbocycles. The van der Waals surface area contributed by atoms with E-state index in [4.69, 9.17) is 4.74 Å². The number of hydrogen-bond acceptors (Lipinski definition) is 4. The standard InChI is InChI=1S/C21H21N3O3/c1-27-16-7-4-6-15(12-16)18-10-5-11-23(18)21(26)14-24-19-9-3-2-8-17(19)20(25)13-22-24/h2-4,6-9,12-13,18H,5,10-11,14H2,1H3. The first-order chi connectivity index (χ1) is 13.2. The molecule has 2 heterocycles. The largest absolute Gasteiger partial charge is 0.497 e. The zero-order chi connectivity index (χ0) is 18.8. The van der Waals surface area contributed by atoms with Crippen molar-refractivity contribution in [1.29, 1.82) is 0 Å². The highest BCUT2D eigenvalue weighted by molar-refractivity contribution is 5.82. The van der Waals surface area contributed by atoms with Crippen LogP contribution >= 0.6 is 0 Å². The molecule has 6 nitrogen and oxygen atoms in total. The van der Waals surface area contributed by atoms with Gasteiger partial charge < -0.3 is 9.64 Å². The number of carbonyl (C=O) groups excluding carboxylic acids is 1. The highest BCUT2D eigenvalue weighted by Crippen LogP contribution is 2.33. The SMILES string of the molecule is COc1cccc(C2CCCN2C(=O)Cn2ncc(=O)c3ccccc32)c1. The van der Waals surface area contributed by atoms with Crippen LogP contribution in [0.25, 0.3) is 10.9 Å². The molecular formula is C21H21N3O3. The van der Waals surface area contributed by atoms with Gasteiger partial charge in [0, 0.05) is 11.9 Å². The van der Waals surface area contributed by atoms with E-state index in [1.54, 1.807) is 17.9 Å². The van der Waals surface area contributed by atoms with E-state index in [0.717, 1.165) is 30.7 Å². The van der Waals surface area contributed by atoms with Gasteiger partial charge in [-0.3, -0.25) is 14.3 Å². The van der Waals surface area contributed by atoms with Crippen LogP contribution in [0.4, 0.5) is 0 Å². The van der Waals surface area contributed by atoms with Crippen molar-refractivity contribution in [3.8, 4) is 5.75 Å². The summed E-state index contributed by atoms with van der Waals surface area (Å²) in [5, 5.41) is 4.75. The molecule has 0 aliphatic carbocycles. The number of carbonyl (C=O) groups is 1. The van der Waals surface area contributed by atoms with Crippen LogP contribution in [0.3, 0.4) is 0 Å². The fourth-order valence-corrected chi connectivity index (χ4v) is 3.77. The number of methoxy groups -OCH3 is 1. The highest BCUT2D eigenvalue weighted by Gasteiger charge is 2.30. The summed E-state index contributed by atoms with van der Waals surface area (Å²) in [7, 11) is 1.64. The van der Waals surface area contributed by atoms with Gasteiger partial charge in [-0.15, -0.1) is 0 Å². The van der Waals surface area contributed by atoms with E-state index in [9.17, 15) is 9.59 Å². The fraction of sp³-hybridized carbons (Fsp3) is 0.286. The molecule has 27 heavy (non-hydrogen) atoms. The molecule has 0 radical (unpaired) electrons. The van der Waals surface area contributed by atoms with Gasteiger partial charge in [0.1, 0.15) is 12.3 Å². The van der Waals surface area contributed by atoms with E-state index in [0.29, 0.717) is 10.9 Å². The molecule has 1 fully saturated rings. The van der Waals surface area contributed by atoms with E-state index in [-0.39, 0.29) is 23.9 Å². The van der Waals surface area contributed by atoms with Crippen molar-refractivity contribution >= 4 is 16.8 Å². The minimum atomic E-state index is -0.135. The highest BCUT2D eigenvalue weighted by atomic mass is 16.5. The summed E-state index contributed by atoms with van der Waals surface area (Å²) < 4.78 is 6.93. The molecule has 1 saturated heterocycles. The number of amides is 1. The smallest absolute Gasteiger partial charge is 0.244 e. The molecule has 1 aromatic heterocycles. The first kappa shape index (κ1) is 17.3. The van der Waals surface area contributed by atoms with Gasteiger partial charge in [0.25, 0.3) is 0 Å². The third-order valence-corrected chi connectivity index (χ3v) is 5.10. The quantitative estimate of drug-likeness (QED) is 0.715. The van der Waals surface area contributed by atoms with E-state index in [1.165, 1.54) is 6.20 Å². The Hall–Kier alpha value is -3.15. The Morgan fingerprint density at radius 3 is 2.93 bits per heavy atom. The summed E-state index contributed by atoms with van der Waals surface area (Å²) in [6.07, 6.45) is 3.17. The molecule has 0 bridgehead atoms. The molecule has 3 aromatic rings. The molecule has 0 saturated carbocycles. The van der Waals surface area contributed by atoms with Gasteiger partial charge in [-0.25, -0.2) is 0 Å². The van der Waals surface area contributed by atoms with Crippen LogP contribution in [-0.2, 0) is 11.3 Å². The average Bonchev–Trinajstić information content (AvgIpc) is 3.20. The second kappa shape index (κ2) is 7.23. The third kappa shape index (κ3) is 3.30. The molecule has 1 unspecified atom stereocenters. The number of likely N-dealkylation sites (tertiary alicyclic amines) is 1. The van der Waals surface area contributed by atoms with Gasteiger partial charge in [-0.1, -0.05) is 24.3 Å². The molecule has 0 N–H and O–H groups in total. The Balaban J connectivity index is 1.61. The van der Waals surface area contributed by atoms with Crippen molar-refractivity contribution in [2.24, 2.45) is 0 Å².